The minimum atomic E-state index is -2.62. The molecule has 35 heteroatoms. The summed E-state index contributed by atoms with van der Waals surface area (Å²) in [4.78, 5) is 65.4. The number of nitrogens with zero attached hydrogens (tertiary/aromatic N) is 15. The van der Waals surface area contributed by atoms with Crippen molar-refractivity contribution in [2.24, 2.45) is 0 Å². The van der Waals surface area contributed by atoms with Crippen molar-refractivity contribution in [2.75, 3.05) is 119 Å². The number of para-hydroxylation sites is 1. The lowest BCUT2D eigenvalue weighted by molar-refractivity contribution is -0.146. The van der Waals surface area contributed by atoms with Crippen molar-refractivity contribution in [3.05, 3.63) is 217 Å². The van der Waals surface area contributed by atoms with Gasteiger partial charge in [-0.15, -0.1) is 0 Å². The largest absolute Gasteiger partial charge is 0.497 e. The van der Waals surface area contributed by atoms with Gasteiger partial charge in [0.05, 0.1) is 147 Å². The molecule has 6 bridgehead atoms. The number of carbonyl (C=O) groups excluding carboxylic acids is 3. The molecule has 6 unspecified atom stereocenters. The second kappa shape index (κ2) is 37.5. The zero-order valence-electron chi connectivity index (χ0n) is 78.3. The maximum Gasteiger partial charge on any atom is 0.497 e. The third-order valence-electron chi connectivity index (χ3n) is 25.4. The van der Waals surface area contributed by atoms with Crippen LogP contribution in [0.5, 0.6) is 17.2 Å². The minimum absolute atomic E-state index is 0.000801. The second-order valence-electron chi connectivity index (χ2n) is 39.8. The van der Waals surface area contributed by atoms with Crippen LogP contribution in [0.15, 0.2) is 206 Å². The van der Waals surface area contributed by atoms with Gasteiger partial charge in [0, 0.05) is 95.7 Å². The average molecular weight is 1930 g/mol. The van der Waals surface area contributed by atoms with Crippen LogP contribution in [-0.2, 0) is 45.4 Å². The third kappa shape index (κ3) is 21.8. The molecule has 4 amide bonds. The number of carbonyl (C=O) groups is 3. The number of nitrogens with one attached hydrogen (secondary N) is 1. The molecule has 3 aromatic carbocycles. The van der Waals surface area contributed by atoms with Gasteiger partial charge in [-0.2, -0.15) is 15.3 Å². The Morgan fingerprint density at radius 1 is 0.451 bits per heavy atom. The van der Waals surface area contributed by atoms with Gasteiger partial charge in [0.15, 0.2) is 0 Å². The van der Waals surface area contributed by atoms with Gasteiger partial charge in [-0.1, -0.05) is 78.9 Å². The number of piperazine rings is 3. The normalized spacial score (nSPS) is 19.6. The summed E-state index contributed by atoms with van der Waals surface area (Å²) in [6.07, 6.45) is 19.6. The SMILES string of the molecule is CC(C)(O)COc1cc(-c2ccc(N3CC4CC(C3)N4C(=O)Cc3ccccc3)nc2)c2c(P(C)(C)=O)cnn2c1.CC(C)(O)COc1cc(-c2ccc(N3CC4CC(C3)N4C(=O)Cc3ccccc3)nc2)c2c(P(C)(C)=O)cnn2c1.CC(C)(O)COc1cc(B2OC(C)(C)C(C)(C)O2)c2c(P(C)(C)=O)cnn2c1.O=C(Nc1ccccc1)N1C2CC1CN(c1ccc(Br)cn1)C2. The molecule has 10 aliphatic heterocycles. The molecule has 0 aliphatic carbocycles. The van der Waals surface area contributed by atoms with Crippen molar-refractivity contribution in [1.82, 2.24) is 58.5 Å². The Balaban J connectivity index is 0.000000133. The van der Waals surface area contributed by atoms with Crippen molar-refractivity contribution < 1.29 is 66.9 Å². The lowest BCUT2D eigenvalue weighted by atomic mass is 9.78. The summed E-state index contributed by atoms with van der Waals surface area (Å²) in [6, 6.07) is 48.4. The number of halogens is 1. The molecule has 9 aromatic heterocycles. The molecule has 4 N–H and O–H groups in total. The number of piperidine rings is 3. The number of rotatable bonds is 23. The molecule has 133 heavy (non-hydrogen) atoms. The number of anilines is 4. The van der Waals surface area contributed by atoms with E-state index in [1.165, 1.54) is 0 Å². The van der Waals surface area contributed by atoms with Crippen molar-refractivity contribution >= 4 is 123 Å². The average Bonchev–Trinajstić information content (AvgIpc) is 0.856. The van der Waals surface area contributed by atoms with Crippen LogP contribution in [0.1, 0.15) is 99.6 Å². The summed E-state index contributed by atoms with van der Waals surface area (Å²) in [5.74, 6) is 4.72. The van der Waals surface area contributed by atoms with E-state index in [1.807, 2.05) is 197 Å². The molecule has 6 atom stereocenters. The van der Waals surface area contributed by atoms with E-state index in [1.54, 1.807) is 132 Å². The van der Waals surface area contributed by atoms with E-state index in [9.17, 15) is 43.4 Å². The van der Waals surface area contributed by atoms with Gasteiger partial charge in [-0.25, -0.2) is 33.3 Å². The fourth-order valence-corrected chi connectivity index (χ4v) is 21.5. The maximum absolute atomic E-state index is 13.1. The lowest BCUT2D eigenvalue weighted by Gasteiger charge is -2.56. The molecule has 10 aliphatic rings. The highest BCUT2D eigenvalue weighted by molar-refractivity contribution is 9.10. The van der Waals surface area contributed by atoms with E-state index in [4.69, 9.17) is 33.5 Å². The van der Waals surface area contributed by atoms with E-state index in [0.717, 1.165) is 131 Å². The van der Waals surface area contributed by atoms with Crippen LogP contribution in [0.3, 0.4) is 0 Å². The Kier molecular flexibility index (Phi) is 26.9. The predicted molar refractivity (Wildman–Crippen MR) is 527 cm³/mol. The first-order valence-corrected chi connectivity index (χ1v) is 53.6. The van der Waals surface area contributed by atoms with E-state index in [-0.39, 0.29) is 73.9 Å². The number of benzene rings is 3. The Bertz CT molecular complexity index is 6100. The van der Waals surface area contributed by atoms with Crippen molar-refractivity contribution in [2.45, 2.75) is 166 Å². The molecule has 700 valence electrons. The van der Waals surface area contributed by atoms with Crippen molar-refractivity contribution in [3.8, 4) is 39.5 Å². The number of aliphatic hydroxyl groups is 3. The van der Waals surface area contributed by atoms with Crippen LogP contribution in [0.2, 0.25) is 0 Å². The predicted octanol–water partition coefficient (Wildman–Crippen LogP) is 13.0. The van der Waals surface area contributed by atoms with Crippen LogP contribution in [0, 0.1) is 0 Å². The molecule has 12 aromatic rings. The first-order valence-electron chi connectivity index (χ1n) is 45.0. The number of aromatic nitrogens is 9. The van der Waals surface area contributed by atoms with Gasteiger partial charge in [0.1, 0.15) is 75.9 Å². The molecule has 30 nitrogen and oxygen atoms in total. The quantitative estimate of drug-likeness (QED) is 0.0341. The Morgan fingerprint density at radius 3 is 1.12 bits per heavy atom. The Hall–Kier alpha value is -10.8. The van der Waals surface area contributed by atoms with Crippen LogP contribution >= 0.6 is 37.4 Å². The molecule has 0 spiro atoms. The molecule has 10 fully saturated rings. The first-order chi connectivity index (χ1) is 62.7. The highest BCUT2D eigenvalue weighted by Crippen LogP contribution is 2.46. The van der Waals surface area contributed by atoms with Crippen molar-refractivity contribution in [3.63, 3.8) is 0 Å². The fraction of sp³-hybridized carbons (Fsp3) is 0.418. The van der Waals surface area contributed by atoms with Crippen LogP contribution in [0.4, 0.5) is 27.9 Å². The van der Waals surface area contributed by atoms with Gasteiger partial charge < -0.3 is 87.3 Å². The number of urea groups is 1. The molecular weight excluding hydrogens is 1810 g/mol. The number of amides is 4. The molecule has 22 rings (SSSR count). The summed E-state index contributed by atoms with van der Waals surface area (Å²) in [5, 5.41) is 48.7. The maximum atomic E-state index is 13.1. The zero-order chi connectivity index (χ0) is 94.8. The summed E-state index contributed by atoms with van der Waals surface area (Å²) in [7, 11) is -8.46. The fourth-order valence-electron chi connectivity index (χ4n) is 18.1. The number of hydrogen-bond acceptors (Lipinski definition) is 23. The third-order valence-corrected chi connectivity index (χ3v) is 30.3. The van der Waals surface area contributed by atoms with Gasteiger partial charge >= 0.3 is 13.1 Å². The van der Waals surface area contributed by atoms with Crippen molar-refractivity contribution in [1.29, 1.82) is 0 Å². The monoisotopic (exact) mass is 1930 g/mol. The molecule has 10 saturated heterocycles. The summed E-state index contributed by atoms with van der Waals surface area (Å²) >= 11 is 3.41. The van der Waals surface area contributed by atoms with E-state index >= 15 is 0 Å². The highest BCUT2D eigenvalue weighted by atomic mass is 79.9. The van der Waals surface area contributed by atoms with Gasteiger partial charge in [0.25, 0.3) is 0 Å². The van der Waals surface area contributed by atoms with Crippen LogP contribution < -0.4 is 55.6 Å². The van der Waals surface area contributed by atoms with Crippen LogP contribution in [0.25, 0.3) is 38.8 Å². The smallest absolute Gasteiger partial charge is 0.489 e. The number of pyridine rings is 6. The van der Waals surface area contributed by atoms with Gasteiger partial charge in [-0.3, -0.25) is 9.59 Å². The number of fused-ring (bicyclic) bond motifs is 9. The highest BCUT2D eigenvalue weighted by Gasteiger charge is 2.54. The number of hydrogen-bond donors (Lipinski definition) is 4. The molecular formula is C98H119BBrN16O14P3. The summed E-state index contributed by atoms with van der Waals surface area (Å²) in [6.45, 7) is 33.5. The summed E-state index contributed by atoms with van der Waals surface area (Å²) in [5.41, 5.74) is 5.22. The Labute approximate surface area is 785 Å². The second-order valence-corrected chi connectivity index (χ2v) is 50.3. The standard InChI is InChI=1S/2C31H36N5O4P.C19H30BN2O5P.C17H17BrN4O/c2*1-31(2,38)20-40-25-14-26(30-27(41(3,4)39)16-33-35(30)19-25)22-10-11-28(32-15-22)34-17-23-13-24(18-34)36(23)29(37)12-21-8-6-5-7-9-21;1-17(2,23)12-25-13-9-14(20-26-18(3,4)19(5,6)27-20)16-15(28(7,8)24)10-21-22(16)11-13;18-12-6-7-16(19-9-12)21-10-14-8-15(11-21)22(14)17(23)20-13-4-2-1-3-5-13/h2*5-11,14-16,19,23-24,38H,12-13,17-18,20H2,1-4H3;9-11,23H,12H2,1-8H3;1-7,9,14-15H,8,10-11H2,(H,20,23). The van der Waals surface area contributed by atoms with E-state index < -0.39 is 56.5 Å². The minimum Gasteiger partial charge on any atom is -0.489 e. The molecule has 0 saturated carbocycles. The number of ether oxygens (including phenoxy) is 3. The van der Waals surface area contributed by atoms with E-state index in [2.05, 4.69) is 66.0 Å². The molecule has 0 radical (unpaired) electrons. The zero-order valence-corrected chi connectivity index (χ0v) is 82.5. The van der Waals surface area contributed by atoms with Gasteiger partial charge in [0.2, 0.25) is 11.8 Å². The topological polar surface area (TPSA) is 331 Å². The van der Waals surface area contributed by atoms with E-state index in [0.29, 0.717) is 57.0 Å². The van der Waals surface area contributed by atoms with Gasteiger partial charge in [-0.05, 0) is 222 Å². The molecule has 19 heterocycles. The lowest BCUT2D eigenvalue weighted by Crippen LogP contribution is -2.71. The summed E-state index contributed by atoms with van der Waals surface area (Å²) < 4.78 is 75.2. The van der Waals surface area contributed by atoms with Crippen LogP contribution in [-0.4, -0.2) is 262 Å². The first kappa shape index (κ1) is 95.4. The Morgan fingerprint density at radius 2 is 0.782 bits per heavy atom.